The van der Waals surface area contributed by atoms with Crippen LogP contribution in [0.25, 0.3) is 0 Å². The Bertz CT molecular complexity index is 867. The fourth-order valence-electron chi connectivity index (χ4n) is 3.64. The zero-order chi connectivity index (χ0) is 20.8. The summed E-state index contributed by atoms with van der Waals surface area (Å²) in [5.74, 6) is -0.260. The van der Waals surface area contributed by atoms with Crippen molar-refractivity contribution in [2.24, 2.45) is 0 Å². The molecule has 1 atom stereocenters. The second kappa shape index (κ2) is 9.94. The summed E-state index contributed by atoms with van der Waals surface area (Å²) in [4.78, 5) is 28.8. The SMILES string of the molecule is CCN1CCC[C@@H]1CNC(=O)c1ccc(Sc2ccc(C)cc2)c(NC(C)=O)c1. The molecule has 1 aliphatic rings. The van der Waals surface area contributed by atoms with Crippen LogP contribution >= 0.6 is 11.8 Å². The Morgan fingerprint density at radius 3 is 2.62 bits per heavy atom. The van der Waals surface area contributed by atoms with Gasteiger partial charge in [-0.15, -0.1) is 0 Å². The van der Waals surface area contributed by atoms with E-state index >= 15 is 0 Å². The number of hydrogen-bond acceptors (Lipinski definition) is 4. The van der Waals surface area contributed by atoms with E-state index in [1.165, 1.54) is 18.9 Å². The summed E-state index contributed by atoms with van der Waals surface area (Å²) < 4.78 is 0. The number of likely N-dealkylation sites (tertiary alicyclic amines) is 1. The van der Waals surface area contributed by atoms with Gasteiger partial charge in [0, 0.05) is 34.9 Å². The molecule has 0 aromatic heterocycles. The van der Waals surface area contributed by atoms with Gasteiger partial charge in [0.25, 0.3) is 5.91 Å². The number of benzene rings is 2. The highest BCUT2D eigenvalue weighted by atomic mass is 32.2. The maximum absolute atomic E-state index is 12.7. The van der Waals surface area contributed by atoms with E-state index in [0.717, 1.165) is 29.3 Å². The Hall–Kier alpha value is -2.31. The summed E-state index contributed by atoms with van der Waals surface area (Å²) in [6.07, 6.45) is 2.31. The quantitative estimate of drug-likeness (QED) is 0.712. The van der Waals surface area contributed by atoms with Crippen LogP contribution in [0.15, 0.2) is 52.3 Å². The molecule has 0 bridgehead atoms. The molecule has 5 nitrogen and oxygen atoms in total. The molecule has 154 valence electrons. The number of likely N-dealkylation sites (N-methyl/N-ethyl adjacent to an activating group) is 1. The summed E-state index contributed by atoms with van der Waals surface area (Å²) in [5.41, 5.74) is 2.42. The molecule has 2 N–H and O–H groups in total. The third-order valence-corrected chi connectivity index (χ3v) is 6.29. The van der Waals surface area contributed by atoms with Gasteiger partial charge in [0.15, 0.2) is 0 Å². The van der Waals surface area contributed by atoms with Crippen molar-refractivity contribution < 1.29 is 9.59 Å². The van der Waals surface area contributed by atoms with Crippen molar-refractivity contribution in [1.82, 2.24) is 10.2 Å². The standard InChI is InChI=1S/C23H29N3O2S/c1-4-26-13-5-6-19(26)15-24-23(28)18-9-12-22(21(14-18)25-17(3)27)29-20-10-7-16(2)8-11-20/h7-12,14,19H,4-6,13,15H2,1-3H3,(H,24,28)(H,25,27)/t19-/m1/s1. The Morgan fingerprint density at radius 2 is 1.93 bits per heavy atom. The Morgan fingerprint density at radius 1 is 1.17 bits per heavy atom. The molecule has 29 heavy (non-hydrogen) atoms. The van der Waals surface area contributed by atoms with E-state index in [2.05, 4.69) is 53.6 Å². The van der Waals surface area contributed by atoms with Crippen LogP contribution in [0.2, 0.25) is 0 Å². The van der Waals surface area contributed by atoms with Crippen molar-refractivity contribution in [3.8, 4) is 0 Å². The van der Waals surface area contributed by atoms with Crippen LogP contribution in [0.4, 0.5) is 5.69 Å². The maximum Gasteiger partial charge on any atom is 0.251 e. The van der Waals surface area contributed by atoms with E-state index in [1.54, 1.807) is 17.8 Å². The number of nitrogens with one attached hydrogen (secondary N) is 2. The second-order valence-electron chi connectivity index (χ2n) is 7.44. The minimum absolute atomic E-state index is 0.105. The van der Waals surface area contributed by atoms with Gasteiger partial charge in [-0.2, -0.15) is 0 Å². The number of hydrogen-bond donors (Lipinski definition) is 2. The van der Waals surface area contributed by atoms with Crippen molar-refractivity contribution in [3.63, 3.8) is 0 Å². The molecule has 0 aliphatic carbocycles. The molecule has 1 aliphatic heterocycles. The number of aryl methyl sites for hydroxylation is 1. The van der Waals surface area contributed by atoms with Crippen LogP contribution in [0.3, 0.4) is 0 Å². The monoisotopic (exact) mass is 411 g/mol. The highest BCUT2D eigenvalue weighted by molar-refractivity contribution is 7.99. The van der Waals surface area contributed by atoms with Gasteiger partial charge in [0.1, 0.15) is 0 Å². The molecule has 3 rings (SSSR count). The molecular weight excluding hydrogens is 382 g/mol. The third kappa shape index (κ3) is 5.84. The van der Waals surface area contributed by atoms with E-state index in [1.807, 2.05) is 12.1 Å². The number of amides is 2. The zero-order valence-electron chi connectivity index (χ0n) is 17.3. The molecule has 0 unspecified atom stereocenters. The first-order valence-corrected chi connectivity index (χ1v) is 11.0. The number of anilines is 1. The molecule has 1 saturated heterocycles. The fourth-order valence-corrected chi connectivity index (χ4v) is 4.52. The number of carbonyl (C=O) groups is 2. The second-order valence-corrected chi connectivity index (χ2v) is 8.56. The lowest BCUT2D eigenvalue weighted by atomic mass is 10.1. The molecule has 2 aromatic carbocycles. The molecule has 0 saturated carbocycles. The van der Waals surface area contributed by atoms with Gasteiger partial charge in [0.2, 0.25) is 5.91 Å². The number of carbonyl (C=O) groups excluding carboxylic acids is 2. The molecule has 2 aromatic rings. The maximum atomic E-state index is 12.7. The van der Waals surface area contributed by atoms with E-state index < -0.39 is 0 Å². The van der Waals surface area contributed by atoms with E-state index in [0.29, 0.717) is 23.8 Å². The first-order chi connectivity index (χ1) is 14.0. The summed E-state index contributed by atoms with van der Waals surface area (Å²) in [6, 6.07) is 14.1. The van der Waals surface area contributed by atoms with Gasteiger partial charge in [0.05, 0.1) is 5.69 Å². The summed E-state index contributed by atoms with van der Waals surface area (Å²) in [5, 5.41) is 5.93. The van der Waals surface area contributed by atoms with Gasteiger partial charge < -0.3 is 10.6 Å². The molecule has 0 radical (unpaired) electrons. The Kier molecular flexibility index (Phi) is 7.34. The van der Waals surface area contributed by atoms with Crippen molar-refractivity contribution in [2.75, 3.05) is 25.0 Å². The molecule has 6 heteroatoms. The number of nitrogens with zero attached hydrogens (tertiary/aromatic N) is 1. The van der Waals surface area contributed by atoms with Crippen LogP contribution in [-0.4, -0.2) is 42.4 Å². The lowest BCUT2D eigenvalue weighted by Gasteiger charge is -2.23. The zero-order valence-corrected chi connectivity index (χ0v) is 18.1. The molecule has 2 amide bonds. The van der Waals surface area contributed by atoms with Crippen molar-refractivity contribution >= 4 is 29.3 Å². The lowest BCUT2D eigenvalue weighted by Crippen LogP contribution is -2.40. The van der Waals surface area contributed by atoms with Crippen LogP contribution < -0.4 is 10.6 Å². The average molecular weight is 412 g/mol. The van der Waals surface area contributed by atoms with Crippen molar-refractivity contribution in [1.29, 1.82) is 0 Å². The Labute approximate surface area is 177 Å². The third-order valence-electron chi connectivity index (χ3n) is 5.20. The minimum atomic E-state index is -0.155. The number of rotatable bonds is 7. The summed E-state index contributed by atoms with van der Waals surface area (Å²) in [7, 11) is 0. The van der Waals surface area contributed by atoms with Crippen LogP contribution in [0.5, 0.6) is 0 Å². The highest BCUT2D eigenvalue weighted by Gasteiger charge is 2.23. The predicted octanol–water partition coefficient (Wildman–Crippen LogP) is 4.32. The largest absolute Gasteiger partial charge is 0.350 e. The van der Waals surface area contributed by atoms with Gasteiger partial charge in [-0.3, -0.25) is 14.5 Å². The van der Waals surface area contributed by atoms with Gasteiger partial charge in [-0.25, -0.2) is 0 Å². The minimum Gasteiger partial charge on any atom is -0.350 e. The molecule has 1 heterocycles. The van der Waals surface area contributed by atoms with Crippen LogP contribution in [0, 0.1) is 6.92 Å². The van der Waals surface area contributed by atoms with Gasteiger partial charge in [-0.05, 0) is 63.2 Å². The van der Waals surface area contributed by atoms with Gasteiger partial charge in [-0.1, -0.05) is 36.4 Å². The topological polar surface area (TPSA) is 61.4 Å². The fraction of sp³-hybridized carbons (Fsp3) is 0.391. The Balaban J connectivity index is 1.72. The normalized spacial score (nSPS) is 16.6. The molecule has 0 spiro atoms. The van der Waals surface area contributed by atoms with E-state index in [4.69, 9.17) is 0 Å². The van der Waals surface area contributed by atoms with Crippen LogP contribution in [0.1, 0.15) is 42.6 Å². The smallest absolute Gasteiger partial charge is 0.251 e. The predicted molar refractivity (Wildman–Crippen MR) is 119 cm³/mol. The van der Waals surface area contributed by atoms with Crippen molar-refractivity contribution in [2.45, 2.75) is 49.4 Å². The van der Waals surface area contributed by atoms with E-state index in [-0.39, 0.29) is 11.8 Å². The summed E-state index contributed by atoms with van der Waals surface area (Å²) in [6.45, 7) is 8.46. The highest BCUT2D eigenvalue weighted by Crippen LogP contribution is 2.34. The molecular formula is C23H29N3O2S. The summed E-state index contributed by atoms with van der Waals surface area (Å²) >= 11 is 1.57. The lowest BCUT2D eigenvalue weighted by molar-refractivity contribution is -0.114. The average Bonchev–Trinajstić information content (AvgIpc) is 3.16. The van der Waals surface area contributed by atoms with Gasteiger partial charge >= 0.3 is 0 Å². The van der Waals surface area contributed by atoms with E-state index in [9.17, 15) is 9.59 Å². The molecule has 1 fully saturated rings. The first kappa shape index (κ1) is 21.4. The van der Waals surface area contributed by atoms with Crippen LogP contribution in [-0.2, 0) is 4.79 Å². The first-order valence-electron chi connectivity index (χ1n) is 10.1. The van der Waals surface area contributed by atoms with Crippen molar-refractivity contribution in [3.05, 3.63) is 53.6 Å².